The predicted octanol–water partition coefficient (Wildman–Crippen LogP) is 3.46. The molecule has 0 fully saturated rings. The van der Waals surface area contributed by atoms with Crippen molar-refractivity contribution in [1.29, 1.82) is 0 Å². The number of hydrogen-bond acceptors (Lipinski definition) is 3. The molecular weight excluding hydrogens is 240 g/mol. The average Bonchev–Trinajstić information content (AvgIpc) is 2.60. The molecule has 4 heteroatoms. The van der Waals surface area contributed by atoms with Crippen LogP contribution >= 0.6 is 22.9 Å². The van der Waals surface area contributed by atoms with Crippen LogP contribution in [0.5, 0.6) is 0 Å². The summed E-state index contributed by atoms with van der Waals surface area (Å²) < 4.78 is 0. The van der Waals surface area contributed by atoms with Crippen molar-refractivity contribution in [3.63, 3.8) is 0 Å². The first-order chi connectivity index (χ1) is 7.59. The SMILES string of the molecule is Cc1ccc(C(N)c2scc(C)c2Cl)cn1. The van der Waals surface area contributed by atoms with Crippen LogP contribution in [0.4, 0.5) is 0 Å². The molecule has 0 aliphatic rings. The van der Waals surface area contributed by atoms with E-state index in [1.54, 1.807) is 11.3 Å². The highest BCUT2D eigenvalue weighted by atomic mass is 35.5. The molecule has 0 radical (unpaired) electrons. The highest BCUT2D eigenvalue weighted by Gasteiger charge is 2.16. The first kappa shape index (κ1) is 11.6. The van der Waals surface area contributed by atoms with Crippen molar-refractivity contribution >= 4 is 22.9 Å². The average molecular weight is 253 g/mol. The summed E-state index contributed by atoms with van der Waals surface area (Å²) in [5.41, 5.74) is 9.23. The van der Waals surface area contributed by atoms with Crippen LogP contribution in [-0.2, 0) is 0 Å². The number of nitrogens with two attached hydrogens (primary N) is 1. The van der Waals surface area contributed by atoms with Crippen LogP contribution in [0.3, 0.4) is 0 Å². The molecular formula is C12H13ClN2S. The molecule has 0 amide bonds. The zero-order chi connectivity index (χ0) is 11.7. The Morgan fingerprint density at radius 2 is 2.12 bits per heavy atom. The van der Waals surface area contributed by atoms with E-state index in [4.69, 9.17) is 17.3 Å². The number of nitrogens with zero attached hydrogens (tertiary/aromatic N) is 1. The van der Waals surface area contributed by atoms with Crippen LogP contribution in [-0.4, -0.2) is 4.98 Å². The number of hydrogen-bond donors (Lipinski definition) is 1. The Morgan fingerprint density at radius 1 is 1.38 bits per heavy atom. The summed E-state index contributed by atoms with van der Waals surface area (Å²) in [6.07, 6.45) is 1.81. The molecule has 0 aliphatic carbocycles. The number of halogens is 1. The van der Waals surface area contributed by atoms with Crippen LogP contribution in [0, 0.1) is 13.8 Å². The van der Waals surface area contributed by atoms with Gasteiger partial charge in [-0.3, -0.25) is 4.98 Å². The first-order valence-corrected chi connectivity index (χ1v) is 6.27. The molecule has 2 rings (SSSR count). The lowest BCUT2D eigenvalue weighted by Gasteiger charge is -2.10. The van der Waals surface area contributed by atoms with E-state index in [1.807, 2.05) is 37.6 Å². The van der Waals surface area contributed by atoms with Crippen molar-refractivity contribution in [2.75, 3.05) is 0 Å². The second-order valence-electron chi connectivity index (χ2n) is 3.81. The minimum atomic E-state index is -0.181. The molecule has 84 valence electrons. The first-order valence-electron chi connectivity index (χ1n) is 5.01. The van der Waals surface area contributed by atoms with Gasteiger partial charge in [-0.1, -0.05) is 17.7 Å². The van der Waals surface area contributed by atoms with E-state index in [9.17, 15) is 0 Å². The lowest BCUT2D eigenvalue weighted by Crippen LogP contribution is -2.11. The van der Waals surface area contributed by atoms with Gasteiger partial charge in [-0.15, -0.1) is 11.3 Å². The lowest BCUT2D eigenvalue weighted by atomic mass is 10.1. The van der Waals surface area contributed by atoms with Crippen LogP contribution in [0.15, 0.2) is 23.7 Å². The molecule has 0 saturated heterocycles. The van der Waals surface area contributed by atoms with Gasteiger partial charge in [-0.05, 0) is 36.4 Å². The fourth-order valence-electron chi connectivity index (χ4n) is 1.47. The van der Waals surface area contributed by atoms with E-state index >= 15 is 0 Å². The monoisotopic (exact) mass is 252 g/mol. The smallest absolute Gasteiger partial charge is 0.0676 e. The van der Waals surface area contributed by atoms with E-state index in [-0.39, 0.29) is 6.04 Å². The van der Waals surface area contributed by atoms with Gasteiger partial charge in [-0.2, -0.15) is 0 Å². The van der Waals surface area contributed by atoms with Crippen molar-refractivity contribution in [2.24, 2.45) is 5.73 Å². The molecule has 2 aromatic heterocycles. The van der Waals surface area contributed by atoms with E-state index in [1.165, 1.54) is 0 Å². The zero-order valence-electron chi connectivity index (χ0n) is 9.20. The third-order valence-corrected chi connectivity index (χ3v) is 4.30. The molecule has 0 aliphatic heterocycles. The predicted molar refractivity (Wildman–Crippen MR) is 69.1 cm³/mol. The molecule has 1 unspecified atom stereocenters. The second kappa shape index (κ2) is 4.53. The zero-order valence-corrected chi connectivity index (χ0v) is 10.8. The molecule has 2 nitrogen and oxygen atoms in total. The summed E-state index contributed by atoms with van der Waals surface area (Å²) in [6, 6.07) is 3.78. The quantitative estimate of drug-likeness (QED) is 0.889. The van der Waals surface area contributed by atoms with Crippen molar-refractivity contribution in [2.45, 2.75) is 19.9 Å². The fourth-order valence-corrected chi connectivity index (χ4v) is 2.81. The Hall–Kier alpha value is -0.900. The molecule has 2 aromatic rings. The molecule has 0 aromatic carbocycles. The maximum absolute atomic E-state index is 6.19. The maximum Gasteiger partial charge on any atom is 0.0676 e. The van der Waals surface area contributed by atoms with E-state index < -0.39 is 0 Å². The summed E-state index contributed by atoms with van der Waals surface area (Å²) >= 11 is 7.79. The molecule has 0 bridgehead atoms. The lowest BCUT2D eigenvalue weighted by molar-refractivity contribution is 0.880. The Labute approximate surface area is 104 Å². The number of pyridine rings is 1. The maximum atomic E-state index is 6.19. The van der Waals surface area contributed by atoms with Gasteiger partial charge in [0.1, 0.15) is 0 Å². The standard InChI is InChI=1S/C12H13ClN2S/c1-7-6-16-12(10(7)13)11(14)9-4-3-8(2)15-5-9/h3-6,11H,14H2,1-2H3. The highest BCUT2D eigenvalue weighted by Crippen LogP contribution is 2.34. The molecule has 1 atom stereocenters. The van der Waals surface area contributed by atoms with Crippen molar-refractivity contribution in [3.05, 3.63) is 50.4 Å². The van der Waals surface area contributed by atoms with Crippen molar-refractivity contribution in [3.8, 4) is 0 Å². The number of rotatable bonds is 2. The van der Waals surface area contributed by atoms with Crippen LogP contribution in [0.25, 0.3) is 0 Å². The summed E-state index contributed by atoms with van der Waals surface area (Å²) in [5.74, 6) is 0. The van der Waals surface area contributed by atoms with E-state index in [0.717, 1.165) is 26.7 Å². The van der Waals surface area contributed by atoms with Crippen molar-refractivity contribution in [1.82, 2.24) is 4.98 Å². The Kier molecular flexibility index (Phi) is 3.28. The second-order valence-corrected chi connectivity index (χ2v) is 5.10. The van der Waals surface area contributed by atoms with Crippen molar-refractivity contribution < 1.29 is 0 Å². The summed E-state index contributed by atoms with van der Waals surface area (Å²) in [7, 11) is 0. The van der Waals surface area contributed by atoms with Gasteiger partial charge in [0.2, 0.25) is 0 Å². The fraction of sp³-hybridized carbons (Fsp3) is 0.250. The molecule has 2 heterocycles. The topological polar surface area (TPSA) is 38.9 Å². The highest BCUT2D eigenvalue weighted by molar-refractivity contribution is 7.10. The largest absolute Gasteiger partial charge is 0.320 e. The van der Waals surface area contributed by atoms with Gasteiger partial charge in [0.15, 0.2) is 0 Å². The number of thiophene rings is 1. The normalized spacial score (nSPS) is 12.8. The van der Waals surface area contributed by atoms with Gasteiger partial charge in [0, 0.05) is 16.8 Å². The van der Waals surface area contributed by atoms with Crippen LogP contribution < -0.4 is 5.73 Å². The third kappa shape index (κ3) is 2.12. The van der Waals surface area contributed by atoms with Gasteiger partial charge >= 0.3 is 0 Å². The minimum Gasteiger partial charge on any atom is -0.320 e. The van der Waals surface area contributed by atoms with Crippen LogP contribution in [0.2, 0.25) is 5.02 Å². The van der Waals surface area contributed by atoms with Gasteiger partial charge in [-0.25, -0.2) is 0 Å². The third-order valence-electron chi connectivity index (χ3n) is 2.50. The summed E-state index contributed by atoms with van der Waals surface area (Å²) in [4.78, 5) is 5.25. The molecule has 0 saturated carbocycles. The number of aryl methyl sites for hydroxylation is 2. The minimum absolute atomic E-state index is 0.181. The van der Waals surface area contributed by atoms with E-state index in [2.05, 4.69) is 4.98 Å². The van der Waals surface area contributed by atoms with Gasteiger partial charge in [0.05, 0.1) is 11.1 Å². The van der Waals surface area contributed by atoms with Crippen LogP contribution in [0.1, 0.15) is 27.7 Å². The van der Waals surface area contributed by atoms with Gasteiger partial charge in [0.25, 0.3) is 0 Å². The number of aromatic nitrogens is 1. The Balaban J connectivity index is 2.35. The summed E-state index contributed by atoms with van der Waals surface area (Å²) in [6.45, 7) is 3.94. The molecule has 2 N–H and O–H groups in total. The summed E-state index contributed by atoms with van der Waals surface area (Å²) in [5, 5.41) is 2.80. The Morgan fingerprint density at radius 3 is 2.62 bits per heavy atom. The van der Waals surface area contributed by atoms with E-state index in [0.29, 0.717) is 0 Å². The Bertz CT molecular complexity index is 490. The van der Waals surface area contributed by atoms with Gasteiger partial charge < -0.3 is 5.73 Å². The molecule has 16 heavy (non-hydrogen) atoms. The molecule has 0 spiro atoms.